The number of rotatable bonds is 4. The molecule has 0 aromatic heterocycles. The first-order valence-electron chi connectivity index (χ1n) is 4.96. The Balaban J connectivity index is 2.87. The van der Waals surface area contributed by atoms with Crippen LogP contribution in [0.1, 0.15) is 24.2 Å². The predicted octanol–water partition coefficient (Wildman–Crippen LogP) is 1.23. The fourth-order valence-electron chi connectivity index (χ4n) is 1.11. The van der Waals surface area contributed by atoms with E-state index in [-0.39, 0.29) is 5.25 Å². The second-order valence-electron chi connectivity index (χ2n) is 3.68. The molecule has 0 saturated heterocycles. The molecule has 0 spiro atoms. The van der Waals surface area contributed by atoms with E-state index >= 15 is 0 Å². The Morgan fingerprint density at radius 3 is 2.50 bits per heavy atom. The van der Waals surface area contributed by atoms with Gasteiger partial charge in [0.2, 0.25) is 5.91 Å². The van der Waals surface area contributed by atoms with Gasteiger partial charge in [-0.25, -0.2) is 0 Å². The topological polar surface area (TPSA) is 89.3 Å². The van der Waals surface area contributed by atoms with Crippen molar-refractivity contribution in [2.75, 3.05) is 5.73 Å². The molecule has 2 atom stereocenters. The summed E-state index contributed by atoms with van der Waals surface area (Å²) in [7, 11) is 0. The van der Waals surface area contributed by atoms with Crippen LogP contribution in [0.5, 0.6) is 0 Å². The average Bonchev–Trinajstić information content (AvgIpc) is 2.20. The van der Waals surface area contributed by atoms with Crippen LogP contribution in [-0.4, -0.2) is 22.4 Å². The maximum Gasteiger partial charge on any atom is 0.248 e. The van der Waals surface area contributed by atoms with Crippen LogP contribution in [0.25, 0.3) is 0 Å². The number of carbonyl (C=O) groups excluding carboxylic acids is 1. The Kier molecular flexibility index (Phi) is 4.20. The summed E-state index contributed by atoms with van der Waals surface area (Å²) in [6, 6.07) is 4.94. The van der Waals surface area contributed by atoms with Gasteiger partial charge in [0, 0.05) is 21.4 Å². The van der Waals surface area contributed by atoms with Gasteiger partial charge in [0.05, 0.1) is 6.10 Å². The number of nitrogen functional groups attached to an aromatic ring is 1. The molecule has 88 valence electrons. The SMILES string of the molecule is CC(O)C(C)Sc1ccc(C(N)=O)cc1N. The van der Waals surface area contributed by atoms with E-state index in [0.717, 1.165) is 4.90 Å². The maximum atomic E-state index is 10.9. The highest BCUT2D eigenvalue weighted by Crippen LogP contribution is 2.30. The third kappa shape index (κ3) is 3.15. The molecule has 5 heteroatoms. The number of thioether (sulfide) groups is 1. The highest BCUT2D eigenvalue weighted by Gasteiger charge is 2.13. The summed E-state index contributed by atoms with van der Waals surface area (Å²) < 4.78 is 0. The Labute approximate surface area is 99.0 Å². The van der Waals surface area contributed by atoms with Crippen molar-refractivity contribution >= 4 is 23.4 Å². The zero-order valence-corrected chi connectivity index (χ0v) is 10.1. The van der Waals surface area contributed by atoms with Crippen molar-refractivity contribution in [3.8, 4) is 0 Å². The van der Waals surface area contributed by atoms with Crippen LogP contribution in [0.4, 0.5) is 5.69 Å². The smallest absolute Gasteiger partial charge is 0.248 e. The molecule has 0 radical (unpaired) electrons. The van der Waals surface area contributed by atoms with Crippen molar-refractivity contribution in [1.29, 1.82) is 0 Å². The second kappa shape index (κ2) is 5.23. The van der Waals surface area contributed by atoms with Crippen molar-refractivity contribution in [3.63, 3.8) is 0 Å². The molecule has 0 bridgehead atoms. The van der Waals surface area contributed by atoms with E-state index in [9.17, 15) is 9.90 Å². The minimum absolute atomic E-state index is 0.0433. The zero-order valence-electron chi connectivity index (χ0n) is 9.31. The predicted molar refractivity (Wildman–Crippen MR) is 66.4 cm³/mol. The molecule has 1 amide bonds. The van der Waals surface area contributed by atoms with Crippen molar-refractivity contribution < 1.29 is 9.90 Å². The van der Waals surface area contributed by atoms with Crippen LogP contribution in [0.3, 0.4) is 0 Å². The molecule has 0 aliphatic rings. The molecule has 2 unspecified atom stereocenters. The number of anilines is 1. The number of hydrogen-bond donors (Lipinski definition) is 3. The summed E-state index contributed by atoms with van der Waals surface area (Å²) in [5.74, 6) is -0.494. The first-order chi connectivity index (χ1) is 7.41. The number of benzene rings is 1. The molecule has 0 aliphatic carbocycles. The van der Waals surface area contributed by atoms with E-state index in [4.69, 9.17) is 11.5 Å². The summed E-state index contributed by atoms with van der Waals surface area (Å²) in [5.41, 5.74) is 11.8. The molecular formula is C11H16N2O2S. The van der Waals surface area contributed by atoms with E-state index in [0.29, 0.717) is 11.3 Å². The molecule has 1 aromatic carbocycles. The Hall–Kier alpha value is -1.20. The highest BCUT2D eigenvalue weighted by atomic mass is 32.2. The van der Waals surface area contributed by atoms with Crippen LogP contribution in [0.2, 0.25) is 0 Å². The zero-order chi connectivity index (χ0) is 12.3. The molecule has 1 aromatic rings. The van der Waals surface area contributed by atoms with Crippen LogP contribution in [0.15, 0.2) is 23.1 Å². The van der Waals surface area contributed by atoms with Crippen molar-refractivity contribution in [3.05, 3.63) is 23.8 Å². The van der Waals surface area contributed by atoms with Gasteiger partial charge in [-0.05, 0) is 25.1 Å². The fraction of sp³-hybridized carbons (Fsp3) is 0.364. The monoisotopic (exact) mass is 240 g/mol. The lowest BCUT2D eigenvalue weighted by Gasteiger charge is -2.15. The van der Waals surface area contributed by atoms with Gasteiger partial charge in [-0.1, -0.05) is 6.92 Å². The van der Waals surface area contributed by atoms with Gasteiger partial charge in [-0.2, -0.15) is 0 Å². The summed E-state index contributed by atoms with van der Waals surface area (Å²) in [6.07, 6.45) is -0.416. The van der Waals surface area contributed by atoms with Gasteiger partial charge in [0.25, 0.3) is 0 Å². The minimum atomic E-state index is -0.494. The van der Waals surface area contributed by atoms with E-state index in [1.165, 1.54) is 11.8 Å². The van der Waals surface area contributed by atoms with Gasteiger partial charge in [0.15, 0.2) is 0 Å². The van der Waals surface area contributed by atoms with E-state index in [1.807, 2.05) is 6.92 Å². The summed E-state index contributed by atoms with van der Waals surface area (Å²) in [4.78, 5) is 11.8. The van der Waals surface area contributed by atoms with Crippen LogP contribution >= 0.6 is 11.8 Å². The number of aliphatic hydroxyl groups excluding tert-OH is 1. The summed E-state index contributed by atoms with van der Waals surface area (Å²) >= 11 is 1.47. The average molecular weight is 240 g/mol. The molecule has 16 heavy (non-hydrogen) atoms. The molecular weight excluding hydrogens is 224 g/mol. The Morgan fingerprint density at radius 1 is 1.44 bits per heavy atom. The van der Waals surface area contributed by atoms with Crippen molar-refractivity contribution in [2.45, 2.75) is 30.1 Å². The normalized spacial score (nSPS) is 14.4. The second-order valence-corrected chi connectivity index (χ2v) is 5.10. The third-order valence-electron chi connectivity index (χ3n) is 2.29. The Bertz CT molecular complexity index is 394. The summed E-state index contributed by atoms with van der Waals surface area (Å²) in [5, 5.41) is 9.42. The van der Waals surface area contributed by atoms with Gasteiger partial charge in [-0.15, -0.1) is 11.8 Å². The first kappa shape index (κ1) is 12.9. The largest absolute Gasteiger partial charge is 0.398 e. The minimum Gasteiger partial charge on any atom is -0.398 e. The fourth-order valence-corrected chi connectivity index (χ4v) is 2.05. The van der Waals surface area contributed by atoms with Gasteiger partial charge < -0.3 is 16.6 Å². The third-order valence-corrected chi connectivity index (χ3v) is 3.68. The number of hydrogen-bond acceptors (Lipinski definition) is 4. The lowest BCUT2D eigenvalue weighted by Crippen LogP contribution is -2.15. The molecule has 5 N–H and O–H groups in total. The molecule has 0 saturated carbocycles. The van der Waals surface area contributed by atoms with E-state index in [1.54, 1.807) is 25.1 Å². The number of aliphatic hydroxyl groups is 1. The number of nitrogens with two attached hydrogens (primary N) is 2. The molecule has 0 aliphatic heterocycles. The molecule has 4 nitrogen and oxygen atoms in total. The molecule has 0 heterocycles. The van der Waals surface area contributed by atoms with Crippen LogP contribution in [-0.2, 0) is 0 Å². The highest BCUT2D eigenvalue weighted by molar-refractivity contribution is 8.00. The lowest BCUT2D eigenvalue weighted by atomic mass is 10.2. The Morgan fingerprint density at radius 2 is 2.06 bits per heavy atom. The number of carbonyl (C=O) groups is 1. The quantitative estimate of drug-likeness (QED) is 0.545. The maximum absolute atomic E-state index is 10.9. The van der Waals surface area contributed by atoms with Crippen LogP contribution in [0, 0.1) is 0 Å². The first-order valence-corrected chi connectivity index (χ1v) is 5.84. The summed E-state index contributed by atoms with van der Waals surface area (Å²) in [6.45, 7) is 3.64. The van der Waals surface area contributed by atoms with Gasteiger partial charge in [-0.3, -0.25) is 4.79 Å². The number of primary amides is 1. The van der Waals surface area contributed by atoms with Crippen molar-refractivity contribution in [1.82, 2.24) is 0 Å². The lowest BCUT2D eigenvalue weighted by molar-refractivity contribution is 0.1000. The molecule has 1 rings (SSSR count). The van der Waals surface area contributed by atoms with Crippen molar-refractivity contribution in [2.24, 2.45) is 5.73 Å². The molecule has 0 fully saturated rings. The van der Waals surface area contributed by atoms with Gasteiger partial charge in [0.1, 0.15) is 0 Å². The van der Waals surface area contributed by atoms with Crippen LogP contribution < -0.4 is 11.5 Å². The van der Waals surface area contributed by atoms with E-state index in [2.05, 4.69) is 0 Å². The standard InChI is InChI=1S/C11H16N2O2S/c1-6(14)7(2)16-10-4-3-8(11(13)15)5-9(10)12/h3-7,14H,12H2,1-2H3,(H2,13,15). The van der Waals surface area contributed by atoms with Gasteiger partial charge >= 0.3 is 0 Å². The number of amides is 1. The van der Waals surface area contributed by atoms with E-state index < -0.39 is 12.0 Å².